The predicted molar refractivity (Wildman–Crippen MR) is 109 cm³/mol. The zero-order valence-electron chi connectivity index (χ0n) is 18.4. The number of carbonyl (C=O) groups is 2. The first-order valence-corrected chi connectivity index (χ1v) is 11.2. The average Bonchev–Trinajstić information content (AvgIpc) is 3.09. The first kappa shape index (κ1) is 25.7. The fourth-order valence-electron chi connectivity index (χ4n) is 3.53. The molecule has 1 unspecified atom stereocenters. The highest BCUT2D eigenvalue weighted by molar-refractivity contribution is 7.88. The molecule has 0 bridgehead atoms. The first-order chi connectivity index (χ1) is 14.7. The number of rotatable bonds is 8. The van der Waals surface area contributed by atoms with E-state index in [-0.39, 0.29) is 36.5 Å². The second-order valence-corrected chi connectivity index (χ2v) is 9.05. The van der Waals surface area contributed by atoms with E-state index in [4.69, 9.17) is 4.74 Å². The number of hydrogen-bond acceptors (Lipinski definition) is 7. The van der Waals surface area contributed by atoms with Crippen LogP contribution in [0.15, 0.2) is 11.6 Å². The van der Waals surface area contributed by atoms with Crippen LogP contribution in [0.4, 0.5) is 13.2 Å². The van der Waals surface area contributed by atoms with E-state index >= 15 is 0 Å². The van der Waals surface area contributed by atoms with Gasteiger partial charge in [-0.25, -0.2) is 4.79 Å². The van der Waals surface area contributed by atoms with Crippen molar-refractivity contribution in [2.75, 3.05) is 7.11 Å². The van der Waals surface area contributed by atoms with E-state index in [1.807, 2.05) is 0 Å². The molecule has 0 fully saturated rings. The summed E-state index contributed by atoms with van der Waals surface area (Å²) in [6.45, 7) is 6.79. The fourth-order valence-corrected chi connectivity index (χ4v) is 4.03. The summed E-state index contributed by atoms with van der Waals surface area (Å²) < 4.78 is 76.9. The van der Waals surface area contributed by atoms with Crippen molar-refractivity contribution in [1.82, 2.24) is 0 Å². The molecular weight excluding hydrogens is 453 g/mol. The molecule has 0 aliphatic carbocycles. The summed E-state index contributed by atoms with van der Waals surface area (Å²) in [4.78, 5) is 23.8. The maximum absolute atomic E-state index is 13.1. The molecule has 11 heteroatoms. The minimum absolute atomic E-state index is 0.00930. The molecule has 7 nitrogen and oxygen atoms in total. The van der Waals surface area contributed by atoms with E-state index < -0.39 is 33.3 Å². The summed E-state index contributed by atoms with van der Waals surface area (Å²) in [5.74, 6) is -2.25. The zero-order chi connectivity index (χ0) is 24.4. The Kier molecular flexibility index (Phi) is 7.64. The summed E-state index contributed by atoms with van der Waals surface area (Å²) >= 11 is 0. The van der Waals surface area contributed by atoms with Gasteiger partial charge in [-0.1, -0.05) is 25.5 Å². The van der Waals surface area contributed by atoms with Gasteiger partial charge >= 0.3 is 27.6 Å². The van der Waals surface area contributed by atoms with Gasteiger partial charge in [0.15, 0.2) is 5.75 Å². The molecule has 1 aliphatic rings. The summed E-state index contributed by atoms with van der Waals surface area (Å²) in [7, 11) is -4.76. The van der Waals surface area contributed by atoms with Crippen LogP contribution in [0.25, 0.3) is 0 Å². The molecule has 178 valence electrons. The van der Waals surface area contributed by atoms with Gasteiger partial charge in [-0.15, -0.1) is 0 Å². The Balaban J connectivity index is 2.64. The standard InChI is InChI=1S/C21H25F3O7S/c1-6-14-13(4)16-10-30-20(26)18(16)19(31-32(27,28)21(22,23)24)15(14)8-7-11(2)12(3)9-17(25)29-5/h7,12H,6,8-10H2,1-5H3. The van der Waals surface area contributed by atoms with Gasteiger partial charge in [-0.05, 0) is 43.7 Å². The number of benzene rings is 1. The van der Waals surface area contributed by atoms with Crippen LogP contribution in [0.5, 0.6) is 5.75 Å². The number of cyclic esters (lactones) is 1. The number of halogens is 3. The highest BCUT2D eigenvalue weighted by Crippen LogP contribution is 2.41. The first-order valence-electron chi connectivity index (χ1n) is 9.83. The van der Waals surface area contributed by atoms with Gasteiger partial charge in [0.1, 0.15) is 12.2 Å². The Bertz CT molecular complexity index is 1060. The number of carbonyl (C=O) groups excluding carboxylic acids is 2. The van der Waals surface area contributed by atoms with E-state index in [1.165, 1.54) is 7.11 Å². The maximum Gasteiger partial charge on any atom is 0.534 e. The van der Waals surface area contributed by atoms with Crippen LogP contribution in [-0.2, 0) is 43.8 Å². The fraction of sp³-hybridized carbons (Fsp3) is 0.524. The maximum atomic E-state index is 13.1. The van der Waals surface area contributed by atoms with Crippen LogP contribution < -0.4 is 4.18 Å². The number of methoxy groups -OCH3 is 1. The number of ether oxygens (including phenoxy) is 2. The highest BCUT2D eigenvalue weighted by atomic mass is 32.2. The lowest BCUT2D eigenvalue weighted by Gasteiger charge is -2.20. The number of allylic oxidation sites excluding steroid dienone is 2. The predicted octanol–water partition coefficient (Wildman–Crippen LogP) is 4.14. The Hall–Kier alpha value is -2.56. The van der Waals surface area contributed by atoms with E-state index in [0.29, 0.717) is 23.1 Å². The van der Waals surface area contributed by atoms with Crippen LogP contribution in [0.3, 0.4) is 0 Å². The largest absolute Gasteiger partial charge is 0.534 e. The molecule has 0 aromatic heterocycles. The lowest BCUT2D eigenvalue weighted by atomic mass is 9.88. The second-order valence-electron chi connectivity index (χ2n) is 7.51. The summed E-state index contributed by atoms with van der Waals surface area (Å²) in [5, 5.41) is 0. The molecule has 0 saturated heterocycles. The summed E-state index contributed by atoms with van der Waals surface area (Å²) in [6, 6.07) is 0. The van der Waals surface area contributed by atoms with Gasteiger partial charge in [-0.3, -0.25) is 4.79 Å². The van der Waals surface area contributed by atoms with Crippen LogP contribution in [0.2, 0.25) is 0 Å². The molecule has 0 spiro atoms. The molecule has 1 heterocycles. The molecular formula is C21H25F3O7S. The Morgan fingerprint density at radius 1 is 1.28 bits per heavy atom. The normalized spacial score (nSPS) is 15.2. The smallest absolute Gasteiger partial charge is 0.469 e. The lowest BCUT2D eigenvalue weighted by molar-refractivity contribution is -0.141. The molecule has 0 saturated carbocycles. The average molecular weight is 478 g/mol. The third kappa shape index (κ3) is 5.08. The quantitative estimate of drug-likeness (QED) is 0.240. The van der Waals surface area contributed by atoms with E-state index in [0.717, 1.165) is 5.57 Å². The SMILES string of the molecule is CCc1c(C)c2c(c(OS(=O)(=O)C(F)(F)F)c1CC=C(C)C(C)CC(=O)OC)C(=O)OC2. The Morgan fingerprint density at radius 2 is 1.91 bits per heavy atom. The summed E-state index contributed by atoms with van der Waals surface area (Å²) in [6.07, 6.45) is 2.11. The monoisotopic (exact) mass is 478 g/mol. The van der Waals surface area contributed by atoms with Crippen molar-refractivity contribution in [3.05, 3.63) is 39.5 Å². The van der Waals surface area contributed by atoms with Gasteiger partial charge in [-0.2, -0.15) is 21.6 Å². The Labute approximate surface area is 184 Å². The van der Waals surface area contributed by atoms with E-state index in [1.54, 1.807) is 33.8 Å². The van der Waals surface area contributed by atoms with Crippen molar-refractivity contribution < 1.29 is 44.8 Å². The minimum Gasteiger partial charge on any atom is -0.469 e. The van der Waals surface area contributed by atoms with Gasteiger partial charge in [0.25, 0.3) is 0 Å². The van der Waals surface area contributed by atoms with Crippen LogP contribution in [0.1, 0.15) is 59.8 Å². The highest BCUT2D eigenvalue weighted by Gasteiger charge is 2.50. The third-order valence-electron chi connectivity index (χ3n) is 5.56. The van der Waals surface area contributed by atoms with Gasteiger partial charge in [0.05, 0.1) is 13.5 Å². The topological polar surface area (TPSA) is 96.0 Å². The zero-order valence-corrected chi connectivity index (χ0v) is 19.2. The Morgan fingerprint density at radius 3 is 2.44 bits per heavy atom. The van der Waals surface area contributed by atoms with Gasteiger partial charge < -0.3 is 13.7 Å². The van der Waals surface area contributed by atoms with Crippen molar-refractivity contribution in [3.63, 3.8) is 0 Å². The minimum atomic E-state index is -6.02. The lowest BCUT2D eigenvalue weighted by Crippen LogP contribution is -2.29. The molecule has 32 heavy (non-hydrogen) atoms. The third-order valence-corrected chi connectivity index (χ3v) is 6.51. The molecule has 0 amide bonds. The molecule has 2 rings (SSSR count). The van der Waals surface area contributed by atoms with Crippen molar-refractivity contribution in [2.45, 2.75) is 59.1 Å². The van der Waals surface area contributed by atoms with Crippen molar-refractivity contribution in [3.8, 4) is 5.75 Å². The van der Waals surface area contributed by atoms with Gasteiger partial charge in [0, 0.05) is 11.1 Å². The van der Waals surface area contributed by atoms with Crippen LogP contribution >= 0.6 is 0 Å². The summed E-state index contributed by atoms with van der Waals surface area (Å²) in [5.41, 5.74) is -3.58. The molecule has 1 aromatic carbocycles. The van der Waals surface area contributed by atoms with Crippen molar-refractivity contribution in [1.29, 1.82) is 0 Å². The van der Waals surface area contributed by atoms with Crippen LogP contribution in [-0.4, -0.2) is 33.0 Å². The van der Waals surface area contributed by atoms with Gasteiger partial charge in [0.2, 0.25) is 0 Å². The van der Waals surface area contributed by atoms with Crippen molar-refractivity contribution in [2.24, 2.45) is 5.92 Å². The molecule has 0 N–H and O–H groups in total. The number of alkyl halides is 3. The molecule has 1 aliphatic heterocycles. The van der Waals surface area contributed by atoms with Crippen LogP contribution in [0, 0.1) is 12.8 Å². The van der Waals surface area contributed by atoms with Crippen molar-refractivity contribution >= 4 is 22.1 Å². The molecule has 1 aromatic rings. The number of fused-ring (bicyclic) bond motifs is 1. The molecule has 1 atom stereocenters. The number of esters is 2. The molecule has 0 radical (unpaired) electrons. The number of hydrogen-bond donors (Lipinski definition) is 0. The van der Waals surface area contributed by atoms with E-state index in [9.17, 15) is 31.2 Å². The van der Waals surface area contributed by atoms with E-state index in [2.05, 4.69) is 8.92 Å². The second kappa shape index (κ2) is 9.51.